The van der Waals surface area contributed by atoms with Crippen LogP contribution >= 0.6 is 11.6 Å². The number of hydrogen-bond acceptors (Lipinski definition) is 4. The molecule has 3 rings (SSSR count). The van der Waals surface area contributed by atoms with Crippen LogP contribution in [-0.4, -0.2) is 59.5 Å². The third-order valence-corrected chi connectivity index (χ3v) is 7.81. The Hall–Kier alpha value is -1.90. The van der Waals surface area contributed by atoms with E-state index in [1.165, 1.54) is 10.4 Å². The van der Waals surface area contributed by atoms with Crippen molar-refractivity contribution in [3.8, 4) is 0 Å². The molecule has 2 heterocycles. The number of hydrogen-bond donors (Lipinski definition) is 0. The summed E-state index contributed by atoms with van der Waals surface area (Å²) in [7, 11) is -3.61. The van der Waals surface area contributed by atoms with Gasteiger partial charge < -0.3 is 4.90 Å². The molecule has 0 N–H and O–H groups in total. The number of halogens is 1. The maximum Gasteiger partial charge on any atom is 0.243 e. The van der Waals surface area contributed by atoms with Gasteiger partial charge in [-0.15, -0.1) is 0 Å². The molecule has 1 aliphatic rings. The molecule has 0 aliphatic carbocycles. The lowest BCUT2D eigenvalue weighted by atomic mass is 10.1. The molecule has 0 saturated carbocycles. The zero-order valence-corrected chi connectivity index (χ0v) is 20.2. The minimum atomic E-state index is -3.61. The van der Waals surface area contributed by atoms with E-state index in [0.29, 0.717) is 36.9 Å². The van der Waals surface area contributed by atoms with Crippen molar-refractivity contribution >= 4 is 27.5 Å². The Morgan fingerprint density at radius 3 is 2.45 bits per heavy atom. The van der Waals surface area contributed by atoms with Crippen LogP contribution < -0.4 is 0 Å². The van der Waals surface area contributed by atoms with Crippen LogP contribution in [0.25, 0.3) is 0 Å². The first-order valence-corrected chi connectivity index (χ1v) is 12.5. The fourth-order valence-corrected chi connectivity index (χ4v) is 5.69. The van der Waals surface area contributed by atoms with Crippen molar-refractivity contribution in [1.82, 2.24) is 19.0 Å². The number of aromatic nitrogens is 2. The lowest BCUT2D eigenvalue weighted by Crippen LogP contribution is -2.50. The minimum Gasteiger partial charge on any atom is -0.340 e. The van der Waals surface area contributed by atoms with Crippen molar-refractivity contribution in [1.29, 1.82) is 0 Å². The zero-order valence-electron chi connectivity index (χ0n) is 18.6. The van der Waals surface area contributed by atoms with E-state index < -0.39 is 10.0 Å². The molecule has 0 radical (unpaired) electrons. The molecule has 7 nitrogen and oxygen atoms in total. The molecule has 1 aromatic heterocycles. The van der Waals surface area contributed by atoms with Crippen LogP contribution in [0.1, 0.15) is 37.2 Å². The van der Waals surface area contributed by atoms with Crippen molar-refractivity contribution < 1.29 is 13.2 Å². The van der Waals surface area contributed by atoms with Crippen LogP contribution in [-0.2, 0) is 27.8 Å². The molecule has 1 aliphatic heterocycles. The molecule has 1 amide bonds. The molecule has 0 atom stereocenters. The van der Waals surface area contributed by atoms with Gasteiger partial charge in [-0.2, -0.15) is 9.40 Å². The highest BCUT2D eigenvalue weighted by Crippen LogP contribution is 2.22. The fraction of sp³-hybridized carbons (Fsp3) is 0.545. The van der Waals surface area contributed by atoms with Crippen LogP contribution in [0, 0.1) is 19.8 Å². The summed E-state index contributed by atoms with van der Waals surface area (Å²) < 4.78 is 29.1. The molecule has 1 saturated heterocycles. The normalized spacial score (nSPS) is 15.6. The Balaban J connectivity index is 1.57. The third kappa shape index (κ3) is 5.48. The predicted octanol–water partition coefficient (Wildman–Crippen LogP) is 3.28. The quantitative estimate of drug-likeness (QED) is 0.627. The van der Waals surface area contributed by atoms with Gasteiger partial charge in [0, 0.05) is 49.9 Å². The van der Waals surface area contributed by atoms with Crippen LogP contribution in [0.3, 0.4) is 0 Å². The number of benzene rings is 1. The fourth-order valence-electron chi connectivity index (χ4n) is 3.96. The summed E-state index contributed by atoms with van der Waals surface area (Å²) >= 11 is 5.95. The number of carbonyl (C=O) groups is 1. The molecule has 0 unspecified atom stereocenters. The highest BCUT2D eigenvalue weighted by Gasteiger charge is 2.30. The van der Waals surface area contributed by atoms with Crippen LogP contribution in [0.5, 0.6) is 0 Å². The Morgan fingerprint density at radius 2 is 1.84 bits per heavy atom. The molecule has 9 heteroatoms. The Bertz CT molecular complexity index is 1040. The van der Waals surface area contributed by atoms with Crippen LogP contribution in [0.4, 0.5) is 0 Å². The van der Waals surface area contributed by atoms with Gasteiger partial charge >= 0.3 is 0 Å². The van der Waals surface area contributed by atoms with Crippen molar-refractivity contribution in [3.63, 3.8) is 0 Å². The van der Waals surface area contributed by atoms with E-state index >= 15 is 0 Å². The summed E-state index contributed by atoms with van der Waals surface area (Å²) in [6.07, 6.45) is 1.05. The summed E-state index contributed by atoms with van der Waals surface area (Å²) in [5.74, 6) is 0.558. The molecule has 1 fully saturated rings. The second-order valence-electron chi connectivity index (χ2n) is 8.47. The maximum absolute atomic E-state index is 12.8. The standard InChI is InChI=1S/C22H31ClN4O3S/c1-16(2)15-27-18(4)21(17(3)24-27)8-9-22(28)25-10-12-26(13-11-25)31(29,30)20-7-5-6-19(23)14-20/h5-7,14,16H,8-13,15H2,1-4H3. The van der Waals surface area contributed by atoms with Gasteiger partial charge in [0.25, 0.3) is 0 Å². The number of amides is 1. The van der Waals surface area contributed by atoms with Gasteiger partial charge in [-0.1, -0.05) is 31.5 Å². The number of sulfonamides is 1. The first kappa shape index (κ1) is 23.8. The highest BCUT2D eigenvalue weighted by atomic mass is 35.5. The van der Waals surface area contributed by atoms with E-state index in [1.54, 1.807) is 23.1 Å². The predicted molar refractivity (Wildman–Crippen MR) is 122 cm³/mol. The highest BCUT2D eigenvalue weighted by molar-refractivity contribution is 7.89. The zero-order chi connectivity index (χ0) is 22.8. The van der Waals surface area contributed by atoms with Gasteiger partial charge in [0.15, 0.2) is 0 Å². The molecule has 31 heavy (non-hydrogen) atoms. The van der Waals surface area contributed by atoms with Crippen LogP contribution in [0.15, 0.2) is 29.2 Å². The number of rotatable bonds is 7. The number of piperazine rings is 1. The topological polar surface area (TPSA) is 75.5 Å². The monoisotopic (exact) mass is 466 g/mol. The second-order valence-corrected chi connectivity index (χ2v) is 10.8. The van der Waals surface area contributed by atoms with Gasteiger partial charge in [-0.25, -0.2) is 8.42 Å². The van der Waals surface area contributed by atoms with E-state index in [1.807, 2.05) is 11.6 Å². The Labute approximate surface area is 190 Å². The van der Waals surface area contributed by atoms with E-state index in [-0.39, 0.29) is 23.9 Å². The molecular weight excluding hydrogens is 436 g/mol. The van der Waals surface area contributed by atoms with E-state index in [2.05, 4.69) is 25.9 Å². The van der Waals surface area contributed by atoms with Gasteiger partial charge in [-0.05, 0) is 49.9 Å². The van der Waals surface area contributed by atoms with Gasteiger partial charge in [0.05, 0.1) is 10.6 Å². The van der Waals surface area contributed by atoms with E-state index in [4.69, 9.17) is 11.6 Å². The molecular formula is C22H31ClN4O3S. The molecule has 0 spiro atoms. The van der Waals surface area contributed by atoms with Crippen LogP contribution in [0.2, 0.25) is 5.02 Å². The lowest BCUT2D eigenvalue weighted by molar-refractivity contribution is -0.132. The summed E-state index contributed by atoms with van der Waals surface area (Å²) in [4.78, 5) is 14.7. The first-order chi connectivity index (χ1) is 14.6. The summed E-state index contributed by atoms with van der Waals surface area (Å²) in [5.41, 5.74) is 3.23. The van der Waals surface area contributed by atoms with E-state index in [0.717, 1.165) is 23.5 Å². The number of carbonyl (C=O) groups excluding carboxylic acids is 1. The molecule has 2 aromatic rings. The average Bonchev–Trinajstić information content (AvgIpc) is 2.98. The average molecular weight is 467 g/mol. The van der Waals surface area contributed by atoms with Crippen molar-refractivity contribution in [3.05, 3.63) is 46.2 Å². The van der Waals surface area contributed by atoms with Gasteiger partial charge in [-0.3, -0.25) is 9.48 Å². The Morgan fingerprint density at radius 1 is 1.16 bits per heavy atom. The van der Waals surface area contributed by atoms with Crippen molar-refractivity contribution in [2.75, 3.05) is 26.2 Å². The molecule has 1 aromatic carbocycles. The number of nitrogens with zero attached hydrogens (tertiary/aromatic N) is 4. The van der Waals surface area contributed by atoms with Crippen molar-refractivity contribution in [2.45, 2.75) is 52.0 Å². The maximum atomic E-state index is 12.8. The van der Waals surface area contributed by atoms with Gasteiger partial charge in [0.1, 0.15) is 0 Å². The summed E-state index contributed by atoms with van der Waals surface area (Å²) in [5, 5.41) is 5.01. The molecule has 0 bridgehead atoms. The second kappa shape index (κ2) is 9.71. The molecule has 170 valence electrons. The Kier molecular flexibility index (Phi) is 7.44. The number of aryl methyl sites for hydroxylation is 1. The van der Waals surface area contributed by atoms with Crippen molar-refractivity contribution in [2.24, 2.45) is 5.92 Å². The summed E-state index contributed by atoms with van der Waals surface area (Å²) in [6.45, 7) is 10.6. The minimum absolute atomic E-state index is 0.0511. The smallest absolute Gasteiger partial charge is 0.243 e. The van der Waals surface area contributed by atoms with Gasteiger partial charge in [0.2, 0.25) is 15.9 Å². The first-order valence-electron chi connectivity index (χ1n) is 10.7. The third-order valence-electron chi connectivity index (χ3n) is 5.68. The van der Waals surface area contributed by atoms with E-state index in [9.17, 15) is 13.2 Å². The SMILES string of the molecule is Cc1nn(CC(C)C)c(C)c1CCC(=O)N1CCN(S(=O)(=O)c2cccc(Cl)c2)CC1. The summed E-state index contributed by atoms with van der Waals surface area (Å²) in [6, 6.07) is 6.27. The lowest BCUT2D eigenvalue weighted by Gasteiger charge is -2.34. The largest absolute Gasteiger partial charge is 0.340 e.